The Labute approximate surface area is 294 Å². The molecule has 10 nitrogen and oxygen atoms in total. The Balaban J connectivity index is 1.44. The van der Waals surface area contributed by atoms with Crippen molar-refractivity contribution in [3.8, 4) is 11.5 Å². The van der Waals surface area contributed by atoms with Crippen LogP contribution >= 0.6 is 23.2 Å². The van der Waals surface area contributed by atoms with Crippen molar-refractivity contribution in [2.24, 2.45) is 17.8 Å². The summed E-state index contributed by atoms with van der Waals surface area (Å²) >= 11 is 14.2. The lowest BCUT2D eigenvalue weighted by molar-refractivity contribution is -0.125. The number of methoxy groups -OCH3 is 1. The number of imide groups is 2. The van der Waals surface area contributed by atoms with E-state index in [1.165, 1.54) is 55.7 Å². The van der Waals surface area contributed by atoms with Crippen molar-refractivity contribution >= 4 is 70.8 Å². The van der Waals surface area contributed by atoms with Crippen LogP contribution in [-0.4, -0.2) is 62.8 Å². The molecule has 3 aromatic rings. The van der Waals surface area contributed by atoms with Gasteiger partial charge in [-0.05, 0) is 48.5 Å². The number of hydrogen-bond acceptors (Lipinski definition) is 8. The minimum Gasteiger partial charge on any atom is -0.508 e. The number of allylic oxidation sites excluding steroid dienone is 2. The molecule has 6 atom stereocenters. The molecular weight excluding hydrogens is 729 g/mol. The van der Waals surface area contributed by atoms with Gasteiger partial charge in [-0.3, -0.25) is 24.1 Å². The quantitative estimate of drug-likeness (QED) is 0.0684. The van der Waals surface area contributed by atoms with Crippen LogP contribution in [0.2, 0.25) is 0 Å². The van der Waals surface area contributed by atoms with Gasteiger partial charge in [0.15, 0.2) is 33.0 Å². The smallest absolute Gasteiger partial charge is 0.488 e. The molecule has 0 bridgehead atoms. The second-order valence-corrected chi connectivity index (χ2v) is 13.8. The molecule has 2 heterocycles. The fourth-order valence-electron chi connectivity index (χ4n) is 7.96. The normalized spacial score (nSPS) is 28.5. The van der Waals surface area contributed by atoms with Crippen LogP contribution in [0.1, 0.15) is 24.3 Å². The Kier molecular flexibility index (Phi) is 8.06. The summed E-state index contributed by atoms with van der Waals surface area (Å²) in [6.07, 6.45) is 0.554. The third-order valence-corrected chi connectivity index (χ3v) is 11.6. The van der Waals surface area contributed by atoms with Gasteiger partial charge in [0.05, 0.1) is 24.6 Å². The highest BCUT2D eigenvalue weighted by Gasteiger charge is 2.77. The zero-order valence-electron chi connectivity index (χ0n) is 25.8. The standard InChI is InChI=1S/C33H22BCl2F5N2O8/c1-51-18-7-3-6-17(44)20(18)21-14-8-9-15-19(29(46)42(28(15)45)13-5-2-4-12(10-13)34(49)50)16(14)11-32(35)30(47)43(31(48)33(21,32)36)27-25(40)23(38)22(37)24(39)26(27)41/h2-8,10,15-16,19,21,44,49-50H,9,11H2,1H3/t15-,16+,19-,21+,32+,33-/m0/s1. The number of rotatable bonds is 5. The number of phenols is 1. The summed E-state index contributed by atoms with van der Waals surface area (Å²) in [5, 5.41) is 30.6. The molecule has 51 heavy (non-hydrogen) atoms. The maximum Gasteiger partial charge on any atom is 0.488 e. The fourth-order valence-corrected chi connectivity index (χ4v) is 8.88. The topological polar surface area (TPSA) is 145 Å². The summed E-state index contributed by atoms with van der Waals surface area (Å²) in [4.78, 5) is 51.6. The van der Waals surface area contributed by atoms with Crippen LogP contribution < -0.4 is 20.0 Å². The molecular formula is C33H22BCl2F5N2O8. The Bertz CT molecular complexity index is 2110. The highest BCUT2D eigenvalue weighted by atomic mass is 35.5. The van der Waals surface area contributed by atoms with E-state index in [0.717, 1.165) is 4.90 Å². The van der Waals surface area contributed by atoms with Crippen LogP contribution in [0.5, 0.6) is 11.5 Å². The Morgan fingerprint density at radius 3 is 2.10 bits per heavy atom. The number of halogens is 7. The maximum atomic E-state index is 15.2. The van der Waals surface area contributed by atoms with E-state index in [9.17, 15) is 47.5 Å². The number of ether oxygens (including phenoxy) is 1. The molecule has 264 valence electrons. The van der Waals surface area contributed by atoms with E-state index < -0.39 is 111 Å². The van der Waals surface area contributed by atoms with E-state index in [-0.39, 0.29) is 39.4 Å². The number of fused-ring (bicyclic) bond motifs is 4. The minimum absolute atomic E-state index is 0.0156. The van der Waals surface area contributed by atoms with Crippen LogP contribution in [-0.2, 0) is 19.2 Å². The number of phenolic OH excluding ortho intramolecular Hbond substituents is 1. The lowest BCUT2D eigenvalue weighted by Crippen LogP contribution is -2.60. The van der Waals surface area contributed by atoms with Gasteiger partial charge >= 0.3 is 7.12 Å². The zero-order valence-corrected chi connectivity index (χ0v) is 27.4. The summed E-state index contributed by atoms with van der Waals surface area (Å²) < 4.78 is 78.8. The first kappa shape index (κ1) is 34.9. The second-order valence-electron chi connectivity index (χ2n) is 12.6. The number of aromatic hydroxyl groups is 1. The van der Waals surface area contributed by atoms with E-state index in [4.69, 9.17) is 27.9 Å². The van der Waals surface area contributed by atoms with Crippen molar-refractivity contribution in [3.63, 3.8) is 0 Å². The summed E-state index contributed by atoms with van der Waals surface area (Å²) in [6, 6.07) is 9.17. The summed E-state index contributed by atoms with van der Waals surface area (Å²) in [5.41, 5.74) is -2.14. The molecule has 3 fully saturated rings. The van der Waals surface area contributed by atoms with Gasteiger partial charge in [0.1, 0.15) is 17.2 Å². The average Bonchev–Trinajstić information content (AvgIpc) is 3.44. The molecule has 0 radical (unpaired) electrons. The van der Waals surface area contributed by atoms with Gasteiger partial charge in [-0.1, -0.05) is 29.8 Å². The van der Waals surface area contributed by atoms with Gasteiger partial charge in [0.2, 0.25) is 17.6 Å². The monoisotopic (exact) mass is 750 g/mol. The first-order valence-electron chi connectivity index (χ1n) is 15.2. The second kappa shape index (κ2) is 11.8. The summed E-state index contributed by atoms with van der Waals surface area (Å²) in [5.74, 6) is -23.5. The van der Waals surface area contributed by atoms with Crippen LogP contribution in [0.25, 0.3) is 0 Å². The van der Waals surface area contributed by atoms with E-state index in [1.807, 2.05) is 0 Å². The van der Waals surface area contributed by atoms with Crippen molar-refractivity contribution in [2.75, 3.05) is 16.9 Å². The van der Waals surface area contributed by atoms with Gasteiger partial charge in [0, 0.05) is 11.5 Å². The van der Waals surface area contributed by atoms with E-state index in [0.29, 0.717) is 0 Å². The van der Waals surface area contributed by atoms with Crippen molar-refractivity contribution in [3.05, 3.63) is 88.8 Å². The Morgan fingerprint density at radius 1 is 0.843 bits per heavy atom. The Hall–Kier alpha value is -4.51. The van der Waals surface area contributed by atoms with Crippen LogP contribution in [0.3, 0.4) is 0 Å². The number of carbonyl (C=O) groups excluding carboxylic acids is 4. The van der Waals surface area contributed by atoms with Crippen molar-refractivity contribution in [2.45, 2.75) is 28.5 Å². The molecule has 2 aliphatic carbocycles. The molecule has 2 aliphatic heterocycles. The van der Waals surface area contributed by atoms with Gasteiger partial charge in [-0.15, -0.1) is 23.2 Å². The molecule has 18 heteroatoms. The number of hydrogen-bond donors (Lipinski definition) is 3. The van der Waals surface area contributed by atoms with Gasteiger partial charge < -0.3 is 19.9 Å². The molecule has 0 unspecified atom stereocenters. The SMILES string of the molecule is COc1cccc(O)c1[C@H]1C2=CC[C@@H]3C(=O)N(c4cccc(B(O)O)c4)C(=O)[C@@H]3[C@@H]2C[C@@]2(Cl)C(=O)N(c3c(F)c(F)c(F)c(F)c3F)C(=O)[C@@]12Cl. The molecule has 7 rings (SSSR count). The molecule has 4 amide bonds. The first-order valence-corrected chi connectivity index (χ1v) is 16.0. The van der Waals surface area contributed by atoms with E-state index in [1.54, 1.807) is 0 Å². The Morgan fingerprint density at radius 2 is 1.47 bits per heavy atom. The number of amides is 4. The minimum atomic E-state index is -2.86. The number of anilines is 2. The van der Waals surface area contributed by atoms with Crippen molar-refractivity contribution in [1.29, 1.82) is 0 Å². The van der Waals surface area contributed by atoms with E-state index >= 15 is 8.78 Å². The predicted molar refractivity (Wildman–Crippen MR) is 170 cm³/mol. The fraction of sp³-hybridized carbons (Fsp3) is 0.273. The number of benzene rings is 3. The van der Waals surface area contributed by atoms with Crippen LogP contribution in [0.4, 0.5) is 33.3 Å². The van der Waals surface area contributed by atoms with Gasteiger partial charge in [-0.25, -0.2) is 26.9 Å². The highest BCUT2D eigenvalue weighted by Crippen LogP contribution is 2.67. The van der Waals surface area contributed by atoms with Crippen molar-refractivity contribution in [1.82, 2.24) is 0 Å². The lowest BCUT2D eigenvalue weighted by Gasteiger charge is -2.50. The third kappa shape index (κ3) is 4.49. The molecule has 3 aromatic carbocycles. The van der Waals surface area contributed by atoms with E-state index in [2.05, 4.69) is 0 Å². The molecule has 2 saturated heterocycles. The molecule has 1 saturated carbocycles. The summed E-state index contributed by atoms with van der Waals surface area (Å²) in [7, 11) is -0.754. The van der Waals surface area contributed by atoms with Gasteiger partial charge in [-0.2, -0.15) is 0 Å². The first-order chi connectivity index (χ1) is 24.0. The largest absolute Gasteiger partial charge is 0.508 e. The molecule has 0 aromatic heterocycles. The molecule has 3 N–H and O–H groups in total. The average molecular weight is 751 g/mol. The van der Waals surface area contributed by atoms with Crippen LogP contribution in [0.15, 0.2) is 54.1 Å². The predicted octanol–water partition coefficient (Wildman–Crippen LogP) is 3.54. The lowest BCUT2D eigenvalue weighted by atomic mass is 9.56. The molecule has 4 aliphatic rings. The highest BCUT2D eigenvalue weighted by molar-refractivity contribution is 6.59. The zero-order chi connectivity index (χ0) is 37.1. The number of nitrogens with zero attached hydrogens (tertiary/aromatic N) is 2. The summed E-state index contributed by atoms with van der Waals surface area (Å²) in [6.45, 7) is 0. The molecule has 0 spiro atoms. The number of alkyl halides is 2. The third-order valence-electron chi connectivity index (χ3n) is 10.2. The number of carbonyl (C=O) groups is 4. The van der Waals surface area contributed by atoms with Crippen molar-refractivity contribution < 1.29 is 61.0 Å². The maximum absolute atomic E-state index is 15.2. The van der Waals surface area contributed by atoms with Gasteiger partial charge in [0.25, 0.3) is 11.8 Å². The van der Waals surface area contributed by atoms with Crippen LogP contribution in [0, 0.1) is 46.8 Å².